The van der Waals surface area contributed by atoms with E-state index in [0.29, 0.717) is 13.0 Å². The molecule has 184 valence electrons. The molecule has 0 aliphatic heterocycles. The molecule has 0 saturated heterocycles. The van der Waals surface area contributed by atoms with Crippen LogP contribution in [0.5, 0.6) is 5.75 Å². The Balaban J connectivity index is 2.05. The molecule has 3 N–H and O–H groups in total. The first-order valence-corrected chi connectivity index (χ1v) is 11.2. The average molecular weight is 471 g/mol. The van der Waals surface area contributed by atoms with E-state index in [1.54, 1.807) is 7.11 Å². The average Bonchev–Trinajstić information content (AvgIpc) is 2.82. The van der Waals surface area contributed by atoms with E-state index >= 15 is 0 Å². The molecule has 34 heavy (non-hydrogen) atoms. The summed E-state index contributed by atoms with van der Waals surface area (Å²) >= 11 is 0. The molecule has 0 fully saturated rings. The van der Waals surface area contributed by atoms with Gasteiger partial charge in [0.25, 0.3) is 0 Å². The minimum absolute atomic E-state index is 0.238. The van der Waals surface area contributed by atoms with Gasteiger partial charge in [-0.05, 0) is 41.6 Å². The summed E-state index contributed by atoms with van der Waals surface area (Å²) in [4.78, 5) is 36.6. The molecule has 0 saturated carbocycles. The summed E-state index contributed by atoms with van der Waals surface area (Å²) in [6.45, 7) is 4.54. The van der Waals surface area contributed by atoms with Crippen LogP contribution >= 0.6 is 0 Å². The fourth-order valence-electron chi connectivity index (χ4n) is 3.64. The van der Waals surface area contributed by atoms with Crippen molar-refractivity contribution in [3.05, 3.63) is 65.7 Å². The van der Waals surface area contributed by atoms with E-state index in [1.165, 1.54) is 7.11 Å². The number of aliphatic carboxylic acids is 1. The molecule has 0 heterocycles. The molecule has 0 aliphatic carbocycles. The van der Waals surface area contributed by atoms with Crippen molar-refractivity contribution in [3.8, 4) is 5.75 Å². The fourth-order valence-corrected chi connectivity index (χ4v) is 3.64. The summed E-state index contributed by atoms with van der Waals surface area (Å²) in [7, 11) is 2.86. The van der Waals surface area contributed by atoms with Gasteiger partial charge in [0.15, 0.2) is 0 Å². The maximum atomic E-state index is 12.9. The molecule has 2 atom stereocenters. The van der Waals surface area contributed by atoms with Gasteiger partial charge in [-0.3, -0.25) is 9.59 Å². The standard InChI is InChI=1S/C26H34N2O6/c1-26(2,19-11-8-12-20(16-19)33-3)13-14-27-21(17-23(29)30)24(31)28-22(25(32)34-4)15-18-9-6-5-7-10-18/h5-12,16,21-22,27H,13-15,17H2,1-4H3,(H,28,31)(H,29,30)/t21-,22+/m1/s1. The largest absolute Gasteiger partial charge is 0.497 e. The highest BCUT2D eigenvalue weighted by molar-refractivity contribution is 5.90. The Kier molecular flexibility index (Phi) is 10.1. The van der Waals surface area contributed by atoms with Crippen molar-refractivity contribution in [1.82, 2.24) is 10.6 Å². The SMILES string of the molecule is COC(=O)[C@H](Cc1ccccc1)NC(=O)[C@@H](CC(=O)O)NCCC(C)(C)c1cccc(OC)c1. The molecular formula is C26H34N2O6. The smallest absolute Gasteiger partial charge is 0.328 e. The second-order valence-electron chi connectivity index (χ2n) is 8.74. The number of carbonyl (C=O) groups excluding carboxylic acids is 2. The molecule has 0 aliphatic rings. The zero-order valence-corrected chi connectivity index (χ0v) is 20.2. The van der Waals surface area contributed by atoms with E-state index in [-0.39, 0.29) is 11.8 Å². The lowest BCUT2D eigenvalue weighted by Gasteiger charge is -2.27. The van der Waals surface area contributed by atoms with Crippen LogP contribution in [-0.4, -0.2) is 55.8 Å². The van der Waals surface area contributed by atoms with Crippen LogP contribution < -0.4 is 15.4 Å². The van der Waals surface area contributed by atoms with Crippen molar-refractivity contribution in [2.24, 2.45) is 0 Å². The van der Waals surface area contributed by atoms with Gasteiger partial charge >= 0.3 is 11.9 Å². The van der Waals surface area contributed by atoms with Crippen molar-refractivity contribution >= 4 is 17.8 Å². The van der Waals surface area contributed by atoms with Crippen LogP contribution in [0.25, 0.3) is 0 Å². The molecule has 2 aromatic rings. The van der Waals surface area contributed by atoms with Gasteiger partial charge in [0.05, 0.1) is 26.7 Å². The third-order valence-electron chi connectivity index (χ3n) is 5.77. The molecule has 8 nitrogen and oxygen atoms in total. The summed E-state index contributed by atoms with van der Waals surface area (Å²) in [6.07, 6.45) is 0.473. The van der Waals surface area contributed by atoms with Gasteiger partial charge in [-0.1, -0.05) is 56.3 Å². The topological polar surface area (TPSA) is 114 Å². The van der Waals surface area contributed by atoms with Gasteiger partial charge in [0.1, 0.15) is 11.8 Å². The van der Waals surface area contributed by atoms with E-state index in [2.05, 4.69) is 24.5 Å². The molecule has 0 bridgehead atoms. The van der Waals surface area contributed by atoms with Crippen molar-refractivity contribution in [1.29, 1.82) is 0 Å². The van der Waals surface area contributed by atoms with Crippen molar-refractivity contribution in [2.45, 2.75) is 50.6 Å². The molecule has 8 heteroatoms. The lowest BCUT2D eigenvalue weighted by atomic mass is 9.81. The number of ether oxygens (including phenoxy) is 2. The normalized spacial score (nSPS) is 12.9. The van der Waals surface area contributed by atoms with Crippen LogP contribution in [0, 0.1) is 0 Å². The number of carboxylic acid groups (broad SMARTS) is 1. The number of rotatable bonds is 13. The Hall–Kier alpha value is -3.39. The summed E-state index contributed by atoms with van der Waals surface area (Å²) in [5.41, 5.74) is 1.68. The summed E-state index contributed by atoms with van der Waals surface area (Å²) in [5, 5.41) is 15.0. The molecule has 2 rings (SSSR count). The number of carboxylic acids is 1. The quantitative estimate of drug-likeness (QED) is 0.386. The zero-order valence-electron chi connectivity index (χ0n) is 20.2. The molecule has 0 unspecified atom stereocenters. The Morgan fingerprint density at radius 1 is 1.00 bits per heavy atom. The summed E-state index contributed by atoms with van der Waals surface area (Å²) < 4.78 is 10.1. The third-order valence-corrected chi connectivity index (χ3v) is 5.77. The van der Waals surface area contributed by atoms with Crippen LogP contribution in [0.1, 0.15) is 37.8 Å². The maximum Gasteiger partial charge on any atom is 0.328 e. The minimum atomic E-state index is -1.11. The third kappa shape index (κ3) is 8.19. The van der Waals surface area contributed by atoms with Crippen molar-refractivity contribution < 1.29 is 29.0 Å². The lowest BCUT2D eigenvalue weighted by molar-refractivity contribution is -0.145. The van der Waals surface area contributed by atoms with Gasteiger partial charge in [0.2, 0.25) is 5.91 Å². The Labute approximate surface area is 200 Å². The highest BCUT2D eigenvalue weighted by Gasteiger charge is 2.29. The van der Waals surface area contributed by atoms with Crippen LogP contribution in [0.15, 0.2) is 54.6 Å². The van der Waals surface area contributed by atoms with Gasteiger partial charge in [-0.25, -0.2) is 4.79 Å². The lowest BCUT2D eigenvalue weighted by Crippen LogP contribution is -2.52. The summed E-state index contributed by atoms with van der Waals surface area (Å²) in [5.74, 6) is -1.51. The Morgan fingerprint density at radius 3 is 2.32 bits per heavy atom. The van der Waals surface area contributed by atoms with Crippen molar-refractivity contribution in [2.75, 3.05) is 20.8 Å². The number of benzene rings is 2. The monoisotopic (exact) mass is 470 g/mol. The van der Waals surface area contributed by atoms with Gasteiger partial charge in [-0.2, -0.15) is 0 Å². The number of hydrogen-bond donors (Lipinski definition) is 3. The zero-order chi connectivity index (χ0) is 25.1. The molecular weight excluding hydrogens is 436 g/mol. The molecule has 0 radical (unpaired) electrons. The predicted octanol–water partition coefficient (Wildman–Crippen LogP) is 2.70. The number of hydrogen-bond acceptors (Lipinski definition) is 6. The predicted molar refractivity (Wildman–Crippen MR) is 129 cm³/mol. The van der Waals surface area contributed by atoms with E-state index in [9.17, 15) is 19.5 Å². The van der Waals surface area contributed by atoms with Gasteiger partial charge in [0, 0.05) is 6.42 Å². The van der Waals surface area contributed by atoms with Gasteiger partial charge < -0.3 is 25.2 Å². The first-order chi connectivity index (χ1) is 16.2. The van der Waals surface area contributed by atoms with Gasteiger partial charge in [-0.15, -0.1) is 0 Å². The van der Waals surface area contributed by atoms with E-state index in [4.69, 9.17) is 9.47 Å². The number of nitrogens with one attached hydrogen (secondary N) is 2. The highest BCUT2D eigenvalue weighted by Crippen LogP contribution is 2.29. The van der Waals surface area contributed by atoms with Crippen molar-refractivity contribution in [3.63, 3.8) is 0 Å². The maximum absolute atomic E-state index is 12.9. The number of carbonyl (C=O) groups is 3. The van der Waals surface area contributed by atoms with Crippen LogP contribution in [0.3, 0.4) is 0 Å². The Morgan fingerprint density at radius 2 is 1.71 bits per heavy atom. The van der Waals surface area contributed by atoms with Crippen LogP contribution in [0.2, 0.25) is 0 Å². The Bertz CT molecular complexity index is 961. The molecule has 0 aromatic heterocycles. The first-order valence-electron chi connectivity index (χ1n) is 11.2. The van der Waals surface area contributed by atoms with Crippen LogP contribution in [-0.2, 0) is 31.0 Å². The number of methoxy groups -OCH3 is 2. The second kappa shape index (κ2) is 12.7. The minimum Gasteiger partial charge on any atom is -0.497 e. The summed E-state index contributed by atoms with van der Waals surface area (Å²) in [6, 6.07) is 15.1. The van der Waals surface area contributed by atoms with E-state index < -0.39 is 36.4 Å². The highest BCUT2D eigenvalue weighted by atomic mass is 16.5. The molecule has 0 spiro atoms. The van der Waals surface area contributed by atoms with Crippen LogP contribution in [0.4, 0.5) is 0 Å². The first kappa shape index (κ1) is 26.9. The fraction of sp³-hybridized carbons (Fsp3) is 0.423. The number of amides is 1. The number of esters is 1. The van der Waals surface area contributed by atoms with E-state index in [0.717, 1.165) is 16.9 Å². The molecule has 2 aromatic carbocycles. The van der Waals surface area contributed by atoms with E-state index in [1.807, 2.05) is 54.6 Å². The molecule has 1 amide bonds. The second-order valence-corrected chi connectivity index (χ2v) is 8.74.